The fraction of sp³-hybridized carbons (Fsp3) is 0.156. The molecule has 11 heteroatoms. The molecule has 43 heavy (non-hydrogen) atoms. The van der Waals surface area contributed by atoms with Crippen LogP contribution in [0, 0.1) is 5.82 Å². The molecule has 1 heterocycles. The molecule has 1 amide bonds. The molecule has 0 bridgehead atoms. The first-order chi connectivity index (χ1) is 20.7. The van der Waals surface area contributed by atoms with Crippen LogP contribution in [-0.2, 0) is 0 Å². The van der Waals surface area contributed by atoms with Gasteiger partial charge in [-0.1, -0.05) is 25.1 Å². The van der Waals surface area contributed by atoms with Crippen molar-refractivity contribution in [1.29, 1.82) is 0 Å². The lowest BCUT2D eigenvalue weighted by molar-refractivity contribution is -0.274. The zero-order valence-electron chi connectivity index (χ0n) is 23.2. The molecule has 0 N–H and O–H groups in total. The largest absolute Gasteiger partial charge is 0.573 e. The molecule has 0 aliphatic rings. The maximum atomic E-state index is 14.9. The Labute approximate surface area is 244 Å². The number of methoxy groups -OCH3 is 1. The normalized spacial score (nSPS) is 11.3. The molecule has 0 saturated heterocycles. The molecule has 0 unspecified atom stereocenters. The maximum Gasteiger partial charge on any atom is 0.573 e. The number of alkyl halides is 3. The van der Waals surface area contributed by atoms with Crippen LogP contribution in [0.4, 0.5) is 23.2 Å². The molecule has 0 fully saturated rings. The highest BCUT2D eigenvalue weighted by atomic mass is 19.4. The average molecular weight is 591 g/mol. The number of hydrogen-bond donors (Lipinski definition) is 0. The van der Waals surface area contributed by atoms with Crippen molar-refractivity contribution < 1.29 is 31.8 Å². The van der Waals surface area contributed by atoms with Crippen molar-refractivity contribution in [2.24, 2.45) is 0 Å². The van der Waals surface area contributed by atoms with Gasteiger partial charge in [-0.15, -0.1) is 18.3 Å². The Morgan fingerprint density at radius 3 is 2.33 bits per heavy atom. The number of benzene rings is 4. The van der Waals surface area contributed by atoms with Crippen LogP contribution < -0.4 is 14.4 Å². The lowest BCUT2D eigenvalue weighted by Crippen LogP contribution is -2.31. The average Bonchev–Trinajstić information content (AvgIpc) is 3.50. The molecule has 0 saturated carbocycles. The number of nitrogens with zero attached hydrogens (tertiary/aromatic N) is 4. The van der Waals surface area contributed by atoms with Gasteiger partial charge in [-0.05, 0) is 79.2 Å². The van der Waals surface area contributed by atoms with Gasteiger partial charge in [0, 0.05) is 34.5 Å². The predicted molar refractivity (Wildman–Crippen MR) is 154 cm³/mol. The Morgan fingerprint density at radius 1 is 0.930 bits per heavy atom. The highest BCUT2D eigenvalue weighted by Gasteiger charge is 2.31. The van der Waals surface area contributed by atoms with E-state index in [1.807, 2.05) is 6.92 Å². The number of hydrogen-bond acceptors (Lipinski definition) is 5. The number of para-hydroxylation sites is 1. The van der Waals surface area contributed by atoms with Crippen LogP contribution in [0.1, 0.15) is 23.7 Å². The zero-order chi connectivity index (χ0) is 30.6. The zero-order valence-corrected chi connectivity index (χ0v) is 23.2. The highest BCUT2D eigenvalue weighted by Crippen LogP contribution is 2.33. The van der Waals surface area contributed by atoms with Crippen LogP contribution in [0.5, 0.6) is 11.5 Å². The molecule has 0 atom stereocenters. The summed E-state index contributed by atoms with van der Waals surface area (Å²) in [7, 11) is 1.51. The van der Waals surface area contributed by atoms with Crippen molar-refractivity contribution in [3.8, 4) is 39.7 Å². The first-order valence-corrected chi connectivity index (χ1v) is 13.3. The fourth-order valence-electron chi connectivity index (χ4n) is 4.57. The minimum Gasteiger partial charge on any atom is -0.496 e. The van der Waals surface area contributed by atoms with Crippen LogP contribution in [0.3, 0.4) is 0 Å². The lowest BCUT2D eigenvalue weighted by atomic mass is 10.0. The lowest BCUT2D eigenvalue weighted by Gasteiger charge is -2.23. The quantitative estimate of drug-likeness (QED) is 0.165. The summed E-state index contributed by atoms with van der Waals surface area (Å²) in [5.74, 6) is -0.211. The first-order valence-electron chi connectivity index (χ1n) is 13.3. The van der Waals surface area contributed by atoms with Crippen LogP contribution in [0.15, 0.2) is 97.3 Å². The van der Waals surface area contributed by atoms with E-state index in [0.29, 0.717) is 52.6 Å². The van der Waals surface area contributed by atoms with Gasteiger partial charge in [0.25, 0.3) is 5.91 Å². The van der Waals surface area contributed by atoms with Crippen molar-refractivity contribution in [3.63, 3.8) is 0 Å². The van der Waals surface area contributed by atoms with Crippen LogP contribution in [0.2, 0.25) is 0 Å². The molecule has 0 aliphatic heterocycles. The Morgan fingerprint density at radius 2 is 1.65 bits per heavy atom. The number of anilines is 1. The van der Waals surface area contributed by atoms with Gasteiger partial charge in [0.15, 0.2) is 5.82 Å². The number of rotatable bonds is 9. The summed E-state index contributed by atoms with van der Waals surface area (Å²) < 4.78 is 62.9. The van der Waals surface area contributed by atoms with E-state index in [0.717, 1.165) is 0 Å². The van der Waals surface area contributed by atoms with Crippen molar-refractivity contribution in [3.05, 3.63) is 109 Å². The summed E-state index contributed by atoms with van der Waals surface area (Å²) in [5, 5.41) is 4.43. The van der Waals surface area contributed by atoms with Crippen LogP contribution in [0.25, 0.3) is 28.2 Å². The molecule has 4 aromatic carbocycles. The van der Waals surface area contributed by atoms with Gasteiger partial charge in [0.1, 0.15) is 23.6 Å². The minimum absolute atomic E-state index is 0.263. The molecule has 0 spiro atoms. The van der Waals surface area contributed by atoms with Gasteiger partial charge in [-0.2, -0.15) is 0 Å². The number of carbonyl (C=O) groups is 1. The summed E-state index contributed by atoms with van der Waals surface area (Å²) in [6.07, 6.45) is -2.64. The van der Waals surface area contributed by atoms with Gasteiger partial charge >= 0.3 is 6.36 Å². The molecule has 220 valence electrons. The van der Waals surface area contributed by atoms with Crippen molar-refractivity contribution in [2.45, 2.75) is 19.7 Å². The van der Waals surface area contributed by atoms with Crippen molar-refractivity contribution >= 4 is 11.6 Å². The topological polar surface area (TPSA) is 69.5 Å². The summed E-state index contributed by atoms with van der Waals surface area (Å²) in [4.78, 5) is 19.6. The molecule has 7 nitrogen and oxygen atoms in total. The monoisotopic (exact) mass is 590 g/mol. The van der Waals surface area contributed by atoms with E-state index in [1.54, 1.807) is 53.4 Å². The van der Waals surface area contributed by atoms with E-state index in [1.165, 1.54) is 60.6 Å². The third kappa shape index (κ3) is 6.66. The second kappa shape index (κ2) is 12.4. The number of ether oxygens (including phenoxy) is 2. The first kappa shape index (κ1) is 29.3. The van der Waals surface area contributed by atoms with E-state index in [4.69, 9.17) is 4.74 Å². The number of halogens is 4. The minimum atomic E-state index is -4.77. The Balaban J connectivity index is 1.37. The smallest absolute Gasteiger partial charge is 0.496 e. The molecule has 0 radical (unpaired) electrons. The highest BCUT2D eigenvalue weighted by molar-refractivity contribution is 6.07. The van der Waals surface area contributed by atoms with Crippen molar-refractivity contribution in [1.82, 2.24) is 14.8 Å². The van der Waals surface area contributed by atoms with E-state index in [9.17, 15) is 22.4 Å². The Hall–Kier alpha value is -5.19. The van der Waals surface area contributed by atoms with E-state index in [2.05, 4.69) is 14.8 Å². The molecule has 5 rings (SSSR count). The van der Waals surface area contributed by atoms with Crippen LogP contribution >= 0.6 is 0 Å². The van der Waals surface area contributed by atoms with E-state index in [-0.39, 0.29) is 17.2 Å². The molecule has 1 aromatic heterocycles. The predicted octanol–water partition coefficient (Wildman–Crippen LogP) is 7.70. The maximum absolute atomic E-state index is 14.9. The van der Waals surface area contributed by atoms with E-state index < -0.39 is 12.2 Å². The second-order valence-electron chi connectivity index (χ2n) is 9.45. The van der Waals surface area contributed by atoms with Gasteiger partial charge < -0.3 is 14.4 Å². The number of amides is 1. The standard InChI is InChI=1S/C32H26F4N4O3/c1-3-18-39(31(41)22-10-17-28(33)27(19-22)26-6-4-5-7-29(26)42-2)23-11-8-21(9-12-23)30-37-20-40(38-30)24-13-15-25(16-14-24)43-32(34,35)36/h4-17,19-20H,3,18H2,1-2H3. The summed E-state index contributed by atoms with van der Waals surface area (Å²) >= 11 is 0. The Kier molecular flexibility index (Phi) is 8.42. The molecular formula is C32H26F4N4O3. The van der Waals surface area contributed by atoms with Gasteiger partial charge in [0.2, 0.25) is 0 Å². The molecule has 0 aliphatic carbocycles. The van der Waals surface area contributed by atoms with Crippen molar-refractivity contribution in [2.75, 3.05) is 18.6 Å². The van der Waals surface area contributed by atoms with Gasteiger partial charge in [0.05, 0.1) is 12.8 Å². The third-order valence-corrected chi connectivity index (χ3v) is 6.57. The number of aromatic nitrogens is 3. The van der Waals surface area contributed by atoms with Gasteiger partial charge in [-0.3, -0.25) is 4.79 Å². The van der Waals surface area contributed by atoms with Crippen LogP contribution in [-0.4, -0.2) is 40.7 Å². The Bertz CT molecular complexity index is 1720. The summed E-state index contributed by atoms with van der Waals surface area (Å²) in [6.45, 7) is 2.39. The van der Waals surface area contributed by atoms with Gasteiger partial charge in [-0.25, -0.2) is 14.1 Å². The van der Waals surface area contributed by atoms with E-state index >= 15 is 0 Å². The number of carbonyl (C=O) groups excluding carboxylic acids is 1. The summed E-state index contributed by atoms with van der Waals surface area (Å²) in [6, 6.07) is 23.7. The third-order valence-electron chi connectivity index (χ3n) is 6.57. The molecule has 5 aromatic rings. The fourth-order valence-corrected chi connectivity index (χ4v) is 4.57. The second-order valence-corrected chi connectivity index (χ2v) is 9.45. The molecular weight excluding hydrogens is 564 g/mol. The summed E-state index contributed by atoms with van der Waals surface area (Å²) in [5.41, 5.74) is 2.94. The SMILES string of the molecule is CCCN(C(=O)c1ccc(F)c(-c2ccccc2OC)c1)c1ccc(-c2ncn(-c3ccc(OC(F)(F)F)cc3)n2)cc1.